The molecule has 0 aromatic heterocycles. The molecule has 0 unspecified atom stereocenters. The van der Waals surface area contributed by atoms with Crippen molar-refractivity contribution in [1.29, 1.82) is 0 Å². The van der Waals surface area contributed by atoms with Gasteiger partial charge in [-0.2, -0.15) is 0 Å². The van der Waals surface area contributed by atoms with E-state index in [1.165, 1.54) is 22.9 Å². The van der Waals surface area contributed by atoms with E-state index in [0.29, 0.717) is 31.8 Å². The minimum absolute atomic E-state index is 0.116. The highest BCUT2D eigenvalue weighted by atomic mass is 32.2. The Kier molecular flexibility index (Phi) is 6.47. The highest BCUT2D eigenvalue weighted by Crippen LogP contribution is 2.30. The monoisotopic (exact) mass is 337 g/mol. The first kappa shape index (κ1) is 17.8. The van der Waals surface area contributed by atoms with Crippen molar-refractivity contribution in [2.24, 2.45) is 5.41 Å². The second kappa shape index (κ2) is 8.36. The smallest absolute Gasteiger partial charge is 0.311 e. The molecule has 1 aromatic rings. The van der Waals surface area contributed by atoms with Crippen molar-refractivity contribution in [3.8, 4) is 0 Å². The van der Waals surface area contributed by atoms with Gasteiger partial charge in [-0.3, -0.25) is 9.59 Å². The number of hydrogen-bond acceptors (Lipinski definition) is 4. The molecule has 0 atom stereocenters. The van der Waals surface area contributed by atoms with Gasteiger partial charge in [0.15, 0.2) is 0 Å². The van der Waals surface area contributed by atoms with E-state index in [2.05, 4.69) is 11.4 Å². The van der Waals surface area contributed by atoms with Crippen molar-refractivity contribution in [3.05, 3.63) is 35.4 Å². The number of carbonyl (C=O) groups is 2. The van der Waals surface area contributed by atoms with E-state index in [4.69, 9.17) is 4.74 Å². The zero-order chi connectivity index (χ0) is 16.7. The van der Waals surface area contributed by atoms with E-state index in [-0.39, 0.29) is 12.5 Å². The summed E-state index contributed by atoms with van der Waals surface area (Å²) in [6.45, 7) is 3.09. The molecule has 6 heteroatoms. The number of hydrogen-bond donors (Lipinski definition) is 2. The van der Waals surface area contributed by atoms with Crippen LogP contribution in [0.3, 0.4) is 0 Å². The first-order valence-corrected chi connectivity index (χ1v) is 8.88. The van der Waals surface area contributed by atoms with Crippen LogP contribution in [-0.4, -0.2) is 42.5 Å². The zero-order valence-corrected chi connectivity index (χ0v) is 14.2. The molecule has 1 aromatic carbocycles. The number of thioether (sulfide) groups is 1. The third kappa shape index (κ3) is 5.25. The van der Waals surface area contributed by atoms with Crippen LogP contribution >= 0.6 is 11.8 Å². The lowest BCUT2D eigenvalue weighted by Gasteiger charge is -2.33. The van der Waals surface area contributed by atoms with Crippen LogP contribution in [-0.2, 0) is 20.1 Å². The van der Waals surface area contributed by atoms with E-state index in [9.17, 15) is 14.7 Å². The quantitative estimate of drug-likeness (QED) is 0.798. The van der Waals surface area contributed by atoms with Gasteiger partial charge in [-0.1, -0.05) is 29.8 Å². The molecule has 1 amide bonds. The fourth-order valence-electron chi connectivity index (χ4n) is 2.61. The Labute approximate surface area is 140 Å². The molecule has 1 aliphatic rings. The van der Waals surface area contributed by atoms with Gasteiger partial charge >= 0.3 is 5.97 Å². The van der Waals surface area contributed by atoms with E-state index in [0.717, 1.165) is 5.75 Å². The average Bonchev–Trinajstić information content (AvgIpc) is 2.54. The first-order chi connectivity index (χ1) is 11.0. The lowest BCUT2D eigenvalue weighted by molar-refractivity contribution is -0.154. The van der Waals surface area contributed by atoms with Gasteiger partial charge in [0.25, 0.3) is 0 Å². The lowest BCUT2D eigenvalue weighted by Crippen LogP contribution is -2.46. The minimum Gasteiger partial charge on any atom is -0.481 e. The van der Waals surface area contributed by atoms with Gasteiger partial charge < -0.3 is 15.2 Å². The maximum atomic E-state index is 12.0. The van der Waals surface area contributed by atoms with Crippen LogP contribution in [0.25, 0.3) is 0 Å². The molecule has 0 aliphatic carbocycles. The fourth-order valence-corrected chi connectivity index (χ4v) is 3.42. The molecule has 126 valence electrons. The van der Waals surface area contributed by atoms with E-state index in [1.807, 2.05) is 25.1 Å². The third-order valence-corrected chi connectivity index (χ3v) is 5.12. The van der Waals surface area contributed by atoms with Crippen LogP contribution < -0.4 is 5.32 Å². The van der Waals surface area contributed by atoms with Crippen LogP contribution in [0.2, 0.25) is 0 Å². The SMILES string of the molecule is Cc1cccc(CSCC(=O)NCC2(C(=O)O)CCOCC2)c1. The number of aliphatic carboxylic acids is 1. The number of ether oxygens (including phenoxy) is 1. The summed E-state index contributed by atoms with van der Waals surface area (Å²) >= 11 is 1.53. The van der Waals surface area contributed by atoms with Crippen LogP contribution in [0.4, 0.5) is 0 Å². The van der Waals surface area contributed by atoms with Crippen molar-refractivity contribution >= 4 is 23.6 Å². The summed E-state index contributed by atoms with van der Waals surface area (Å²) in [5.74, 6) is 0.135. The average molecular weight is 337 g/mol. The Bertz CT molecular complexity index is 555. The number of rotatable bonds is 7. The molecule has 0 bridgehead atoms. The summed E-state index contributed by atoms with van der Waals surface area (Å²) in [6, 6.07) is 8.19. The second-order valence-corrected chi connectivity index (χ2v) is 6.94. The highest BCUT2D eigenvalue weighted by molar-refractivity contribution is 7.99. The van der Waals surface area contributed by atoms with Gasteiger partial charge in [-0.15, -0.1) is 11.8 Å². The standard InChI is InChI=1S/C17H23NO4S/c1-13-3-2-4-14(9-13)10-23-11-15(19)18-12-17(16(20)21)5-7-22-8-6-17/h2-4,9H,5-8,10-12H2,1H3,(H,18,19)(H,20,21). The summed E-state index contributed by atoms with van der Waals surface area (Å²) in [6.07, 6.45) is 0.887. The molecular weight excluding hydrogens is 314 g/mol. The van der Waals surface area contributed by atoms with E-state index in [1.54, 1.807) is 0 Å². The van der Waals surface area contributed by atoms with Gasteiger partial charge in [-0.05, 0) is 25.3 Å². The number of aryl methyl sites for hydroxylation is 1. The molecule has 2 rings (SSSR count). The maximum absolute atomic E-state index is 12.0. The van der Waals surface area contributed by atoms with Crippen molar-refractivity contribution in [1.82, 2.24) is 5.32 Å². The molecule has 0 saturated carbocycles. The summed E-state index contributed by atoms with van der Waals surface area (Å²) in [7, 11) is 0. The molecule has 2 N–H and O–H groups in total. The Morgan fingerprint density at radius 2 is 2.09 bits per heavy atom. The Morgan fingerprint density at radius 1 is 1.35 bits per heavy atom. The van der Waals surface area contributed by atoms with Crippen molar-refractivity contribution < 1.29 is 19.4 Å². The largest absolute Gasteiger partial charge is 0.481 e. The van der Waals surface area contributed by atoms with Crippen LogP contribution in [0.1, 0.15) is 24.0 Å². The number of carboxylic acid groups (broad SMARTS) is 1. The molecule has 23 heavy (non-hydrogen) atoms. The summed E-state index contributed by atoms with van der Waals surface area (Å²) < 4.78 is 5.23. The van der Waals surface area contributed by atoms with E-state index < -0.39 is 11.4 Å². The number of amides is 1. The third-order valence-electron chi connectivity index (χ3n) is 4.11. The maximum Gasteiger partial charge on any atom is 0.311 e. The molecule has 0 spiro atoms. The topological polar surface area (TPSA) is 75.6 Å². The molecule has 1 fully saturated rings. The molecule has 1 saturated heterocycles. The Hall–Kier alpha value is -1.53. The van der Waals surface area contributed by atoms with Crippen molar-refractivity contribution in [2.45, 2.75) is 25.5 Å². The van der Waals surface area contributed by atoms with Gasteiger partial charge in [0.1, 0.15) is 0 Å². The molecular formula is C17H23NO4S. The molecule has 1 aliphatic heterocycles. The Balaban J connectivity index is 1.75. The van der Waals surface area contributed by atoms with Crippen molar-refractivity contribution in [2.75, 3.05) is 25.5 Å². The van der Waals surface area contributed by atoms with Crippen LogP contribution in [0.5, 0.6) is 0 Å². The normalized spacial score (nSPS) is 16.7. The van der Waals surface area contributed by atoms with Gasteiger partial charge in [0, 0.05) is 25.5 Å². The first-order valence-electron chi connectivity index (χ1n) is 7.73. The van der Waals surface area contributed by atoms with Crippen LogP contribution in [0.15, 0.2) is 24.3 Å². The fraction of sp³-hybridized carbons (Fsp3) is 0.529. The summed E-state index contributed by atoms with van der Waals surface area (Å²) in [5, 5.41) is 12.2. The molecule has 0 radical (unpaired) electrons. The lowest BCUT2D eigenvalue weighted by atomic mass is 9.80. The summed E-state index contributed by atoms with van der Waals surface area (Å²) in [4.78, 5) is 23.5. The van der Waals surface area contributed by atoms with Gasteiger partial charge in [0.2, 0.25) is 5.91 Å². The van der Waals surface area contributed by atoms with Gasteiger partial charge in [-0.25, -0.2) is 0 Å². The number of benzene rings is 1. The number of carboxylic acids is 1. The molecule has 1 heterocycles. The highest BCUT2D eigenvalue weighted by Gasteiger charge is 2.40. The molecule has 5 nitrogen and oxygen atoms in total. The number of nitrogens with one attached hydrogen (secondary N) is 1. The number of carbonyl (C=O) groups excluding carboxylic acids is 1. The predicted molar refractivity (Wildman–Crippen MR) is 90.5 cm³/mol. The van der Waals surface area contributed by atoms with E-state index >= 15 is 0 Å². The predicted octanol–water partition coefficient (Wildman–Crippen LogP) is 2.23. The minimum atomic E-state index is -0.880. The van der Waals surface area contributed by atoms with Crippen molar-refractivity contribution in [3.63, 3.8) is 0 Å². The van der Waals surface area contributed by atoms with Gasteiger partial charge in [0.05, 0.1) is 11.2 Å². The summed E-state index contributed by atoms with van der Waals surface area (Å²) in [5.41, 5.74) is 1.51. The Morgan fingerprint density at radius 3 is 2.74 bits per heavy atom. The zero-order valence-electron chi connectivity index (χ0n) is 13.3. The second-order valence-electron chi connectivity index (χ2n) is 5.96. The van der Waals surface area contributed by atoms with Crippen LogP contribution in [0, 0.1) is 12.3 Å².